The van der Waals surface area contributed by atoms with Gasteiger partial charge in [-0.2, -0.15) is 0 Å². The van der Waals surface area contributed by atoms with Crippen molar-refractivity contribution >= 4 is 18.1 Å². The number of ether oxygens (including phenoxy) is 1. The fourth-order valence-electron chi connectivity index (χ4n) is 1.12. The van der Waals surface area contributed by atoms with Crippen LogP contribution < -0.4 is 0 Å². The number of aliphatic hydroxyl groups excluding tert-OH is 2. The molecule has 22 heavy (non-hydrogen) atoms. The van der Waals surface area contributed by atoms with Crippen LogP contribution in [-0.4, -0.2) is 60.7 Å². The summed E-state index contributed by atoms with van der Waals surface area (Å²) in [6, 6.07) is 0. The van der Waals surface area contributed by atoms with Crippen LogP contribution in [-0.2, 0) is 19.1 Å². The van der Waals surface area contributed by atoms with Gasteiger partial charge in [0.15, 0.2) is 0 Å². The van der Waals surface area contributed by atoms with E-state index in [1.165, 1.54) is 12.2 Å². The molecule has 0 aromatic heterocycles. The third-order valence-electron chi connectivity index (χ3n) is 2.21. The molecule has 0 saturated heterocycles. The molecule has 124 valence electrons. The van der Waals surface area contributed by atoms with E-state index in [0.29, 0.717) is 13.1 Å². The maximum Gasteiger partial charge on any atom is 0.330 e. The fraction of sp³-hybridized carbons (Fsp3) is 0.643. The Morgan fingerprint density at radius 3 is 2.00 bits per heavy atom. The maximum absolute atomic E-state index is 10.3. The first kappa shape index (κ1) is 22.2. The number of nitrogens with zero attached hydrogens (tertiary/aromatic N) is 2. The Balaban J connectivity index is 0. The van der Waals surface area contributed by atoms with Gasteiger partial charge in [-0.15, -0.1) is 0 Å². The second-order valence-electron chi connectivity index (χ2n) is 4.03. The highest BCUT2D eigenvalue weighted by Crippen LogP contribution is 1.99. The summed E-state index contributed by atoms with van der Waals surface area (Å²) in [4.78, 5) is 36.4. The van der Waals surface area contributed by atoms with Gasteiger partial charge < -0.3 is 14.9 Å². The van der Waals surface area contributed by atoms with Gasteiger partial charge in [-0.1, -0.05) is 19.4 Å². The molecule has 0 aromatic carbocycles. The van der Waals surface area contributed by atoms with Crippen LogP contribution >= 0.6 is 0 Å². The number of aliphatic hydroxyl groups is 2. The second-order valence-corrected chi connectivity index (χ2v) is 4.03. The first-order valence-electron chi connectivity index (χ1n) is 6.77. The van der Waals surface area contributed by atoms with Crippen LogP contribution in [0.25, 0.3) is 0 Å². The lowest BCUT2D eigenvalue weighted by Crippen LogP contribution is -2.21. The zero-order valence-electron chi connectivity index (χ0n) is 12.4. The van der Waals surface area contributed by atoms with Crippen LogP contribution in [0.1, 0.15) is 25.7 Å². The molecule has 0 heterocycles. The van der Waals surface area contributed by atoms with Gasteiger partial charge >= 0.3 is 5.97 Å². The minimum Gasteiger partial charge on any atom is -0.460 e. The molecule has 0 saturated carbocycles. The van der Waals surface area contributed by atoms with Gasteiger partial charge in [-0.3, -0.25) is 0 Å². The van der Waals surface area contributed by atoms with E-state index in [4.69, 9.17) is 10.2 Å². The minimum atomic E-state index is -0.996. The summed E-state index contributed by atoms with van der Waals surface area (Å²) in [5.74, 6) is -0.604. The van der Waals surface area contributed by atoms with Crippen molar-refractivity contribution in [2.75, 3.05) is 26.3 Å². The molecule has 0 aromatic rings. The van der Waals surface area contributed by atoms with Crippen molar-refractivity contribution in [1.29, 1.82) is 0 Å². The van der Waals surface area contributed by atoms with Crippen molar-refractivity contribution in [1.82, 2.24) is 0 Å². The molecular weight excluding hydrogens is 292 g/mol. The Morgan fingerprint density at radius 1 is 1.14 bits per heavy atom. The Hall–Kier alpha value is -2.11. The summed E-state index contributed by atoms with van der Waals surface area (Å²) < 4.78 is 4.38. The molecule has 0 amide bonds. The van der Waals surface area contributed by atoms with E-state index < -0.39 is 18.7 Å². The zero-order valence-corrected chi connectivity index (χ0v) is 12.4. The van der Waals surface area contributed by atoms with E-state index in [1.807, 2.05) is 0 Å². The SMILES string of the molecule is C=CC(=O)OCC(O)CO.O=C=NCCCCCCN=C=O. The molecule has 0 spiro atoms. The second kappa shape index (κ2) is 18.9. The lowest BCUT2D eigenvalue weighted by Gasteiger charge is -2.05. The van der Waals surface area contributed by atoms with E-state index in [2.05, 4.69) is 21.3 Å². The van der Waals surface area contributed by atoms with Crippen LogP contribution in [0, 0.1) is 0 Å². The van der Waals surface area contributed by atoms with E-state index in [9.17, 15) is 14.4 Å². The Kier molecular flexibility index (Phi) is 19.0. The molecule has 0 aliphatic heterocycles. The predicted octanol–water partition coefficient (Wildman–Crippen LogP) is 0.287. The van der Waals surface area contributed by atoms with Crippen LogP contribution in [0.4, 0.5) is 0 Å². The topological polar surface area (TPSA) is 126 Å². The molecule has 0 fully saturated rings. The predicted molar refractivity (Wildman–Crippen MR) is 78.7 cm³/mol. The monoisotopic (exact) mass is 314 g/mol. The fourth-order valence-corrected chi connectivity index (χ4v) is 1.12. The number of hydrogen-bond acceptors (Lipinski definition) is 8. The number of rotatable bonds is 11. The minimum absolute atomic E-state index is 0.193. The highest BCUT2D eigenvalue weighted by Gasteiger charge is 2.03. The zero-order chi connectivity index (χ0) is 17.1. The molecule has 0 aliphatic carbocycles. The summed E-state index contributed by atoms with van der Waals surface area (Å²) in [6.45, 7) is 3.65. The maximum atomic E-state index is 10.3. The Labute approximate surface area is 129 Å². The summed E-state index contributed by atoms with van der Waals surface area (Å²) in [5.41, 5.74) is 0. The highest BCUT2D eigenvalue weighted by atomic mass is 16.5. The van der Waals surface area contributed by atoms with Gasteiger partial charge in [0, 0.05) is 6.08 Å². The van der Waals surface area contributed by atoms with E-state index in [1.54, 1.807) is 0 Å². The molecule has 1 atom stereocenters. The number of carbonyl (C=O) groups is 1. The molecule has 8 nitrogen and oxygen atoms in total. The molecule has 0 rings (SSSR count). The van der Waals surface area contributed by atoms with Crippen molar-refractivity contribution in [3.8, 4) is 0 Å². The number of isocyanates is 2. The summed E-state index contributed by atoms with van der Waals surface area (Å²) in [5, 5.41) is 16.9. The lowest BCUT2D eigenvalue weighted by molar-refractivity contribution is -0.141. The van der Waals surface area contributed by atoms with Gasteiger partial charge in [0.1, 0.15) is 12.7 Å². The molecule has 0 bridgehead atoms. The van der Waals surface area contributed by atoms with Crippen LogP contribution in [0.15, 0.2) is 22.6 Å². The largest absolute Gasteiger partial charge is 0.460 e. The van der Waals surface area contributed by atoms with Crippen molar-refractivity contribution in [2.45, 2.75) is 31.8 Å². The third kappa shape index (κ3) is 20.2. The van der Waals surface area contributed by atoms with E-state index >= 15 is 0 Å². The highest BCUT2D eigenvalue weighted by molar-refractivity contribution is 5.81. The molecular formula is C14H22N2O6. The molecule has 0 radical (unpaired) electrons. The van der Waals surface area contributed by atoms with Gasteiger partial charge in [-0.05, 0) is 12.8 Å². The van der Waals surface area contributed by atoms with Crippen molar-refractivity contribution < 1.29 is 29.3 Å². The number of hydrogen-bond donors (Lipinski definition) is 2. The molecule has 8 heteroatoms. The number of esters is 1. The first-order chi connectivity index (χ1) is 10.6. The quantitative estimate of drug-likeness (QED) is 0.185. The summed E-state index contributed by atoms with van der Waals surface area (Å²) >= 11 is 0. The summed E-state index contributed by atoms with van der Waals surface area (Å²) in [7, 11) is 0. The smallest absolute Gasteiger partial charge is 0.330 e. The average Bonchev–Trinajstić information content (AvgIpc) is 2.55. The number of unbranched alkanes of at least 4 members (excludes halogenated alkanes) is 3. The lowest BCUT2D eigenvalue weighted by atomic mass is 10.2. The normalized spacial score (nSPS) is 10.1. The van der Waals surface area contributed by atoms with E-state index in [-0.39, 0.29) is 6.61 Å². The van der Waals surface area contributed by atoms with Crippen molar-refractivity contribution in [3.05, 3.63) is 12.7 Å². The Bertz CT molecular complexity index is 365. The van der Waals surface area contributed by atoms with Crippen molar-refractivity contribution in [3.63, 3.8) is 0 Å². The van der Waals surface area contributed by atoms with Gasteiger partial charge in [0.05, 0.1) is 19.7 Å². The van der Waals surface area contributed by atoms with Gasteiger partial charge in [0.2, 0.25) is 12.2 Å². The molecule has 2 N–H and O–H groups in total. The number of aliphatic imine (C=N–C) groups is 2. The van der Waals surface area contributed by atoms with Crippen LogP contribution in [0.5, 0.6) is 0 Å². The molecule has 0 aliphatic rings. The molecule has 1 unspecified atom stereocenters. The van der Waals surface area contributed by atoms with E-state index in [0.717, 1.165) is 31.8 Å². The average molecular weight is 314 g/mol. The van der Waals surface area contributed by atoms with Crippen LogP contribution in [0.3, 0.4) is 0 Å². The number of carbonyl (C=O) groups excluding carboxylic acids is 3. The Morgan fingerprint density at radius 2 is 1.64 bits per heavy atom. The van der Waals surface area contributed by atoms with Crippen molar-refractivity contribution in [2.24, 2.45) is 9.98 Å². The standard InChI is InChI=1S/C8H12N2O2.C6H10O4/c11-7-9-5-3-1-2-4-6-10-8-12;1-2-6(9)10-4-5(8)3-7/h1-6H2;2,5,7-8H,1,3-4H2. The van der Waals surface area contributed by atoms with Crippen LogP contribution in [0.2, 0.25) is 0 Å². The third-order valence-corrected chi connectivity index (χ3v) is 2.21. The van der Waals surface area contributed by atoms with Gasteiger partial charge in [0.25, 0.3) is 0 Å². The first-order valence-corrected chi connectivity index (χ1v) is 6.77. The van der Waals surface area contributed by atoms with Gasteiger partial charge in [-0.25, -0.2) is 24.4 Å². The summed E-state index contributed by atoms with van der Waals surface area (Å²) in [6.07, 6.45) is 6.79.